The van der Waals surface area contributed by atoms with Crippen molar-refractivity contribution in [3.05, 3.63) is 10.3 Å². The van der Waals surface area contributed by atoms with Crippen LogP contribution in [-0.4, -0.2) is 31.8 Å². The lowest BCUT2D eigenvalue weighted by atomic mass is 10.5. The molecule has 1 N–H and O–H groups in total. The molecular weight excluding hydrogens is 339 g/mol. The number of hydrogen-bond donors (Lipinski definition) is 1. The number of carboxylic acid groups (broad SMARTS) is 1. The summed E-state index contributed by atoms with van der Waals surface area (Å²) in [6.45, 7) is 0. The molecule has 20 heavy (non-hydrogen) atoms. The van der Waals surface area contributed by atoms with Crippen LogP contribution in [0.15, 0.2) is 5.03 Å². The molecule has 108 valence electrons. The molecule has 0 radical (unpaired) electrons. The number of alkyl halides is 3. The van der Waals surface area contributed by atoms with Crippen molar-refractivity contribution in [3.8, 4) is 0 Å². The minimum Gasteiger partial charge on any atom is -0.481 e. The van der Waals surface area contributed by atoms with E-state index in [0.29, 0.717) is 0 Å². The molecule has 0 aromatic carbocycles. The smallest absolute Gasteiger partial charge is 0.451 e. The zero-order valence-electron chi connectivity index (χ0n) is 9.44. The van der Waals surface area contributed by atoms with Crippen molar-refractivity contribution in [2.75, 3.05) is 5.75 Å². The van der Waals surface area contributed by atoms with Gasteiger partial charge in [0, 0.05) is 5.75 Å². The van der Waals surface area contributed by atoms with Gasteiger partial charge < -0.3 is 5.11 Å². The molecule has 2 heterocycles. The molecule has 0 aliphatic carbocycles. The number of fused-ring (bicyclic) bond motifs is 1. The number of thioether (sulfide) groups is 1. The molecule has 0 amide bonds. The van der Waals surface area contributed by atoms with Crippen molar-refractivity contribution in [2.45, 2.75) is 17.6 Å². The second-order valence-electron chi connectivity index (χ2n) is 3.46. The van der Waals surface area contributed by atoms with Crippen molar-refractivity contribution in [2.24, 2.45) is 0 Å². The predicted molar refractivity (Wildman–Crippen MR) is 68.2 cm³/mol. The molecule has 0 aliphatic rings. The predicted octanol–water partition coefficient (Wildman–Crippen LogP) is 3.33. The number of aliphatic carboxylic acids is 1. The molecular formula is C9H5ClF3N3O2S2. The Morgan fingerprint density at radius 2 is 2.05 bits per heavy atom. The van der Waals surface area contributed by atoms with Gasteiger partial charge in [0.2, 0.25) is 5.82 Å². The van der Waals surface area contributed by atoms with Gasteiger partial charge in [0.1, 0.15) is 15.4 Å². The lowest BCUT2D eigenvalue weighted by molar-refractivity contribution is -0.145. The van der Waals surface area contributed by atoms with Gasteiger partial charge >= 0.3 is 12.1 Å². The molecule has 2 rings (SSSR count). The Hall–Kier alpha value is -1.13. The maximum atomic E-state index is 12.7. The summed E-state index contributed by atoms with van der Waals surface area (Å²) in [4.78, 5) is 21.1. The second-order valence-corrected chi connectivity index (χ2v) is 6.11. The maximum absolute atomic E-state index is 12.7. The number of carbonyl (C=O) groups is 1. The van der Waals surface area contributed by atoms with Crippen LogP contribution in [-0.2, 0) is 11.0 Å². The van der Waals surface area contributed by atoms with Crippen molar-refractivity contribution in [3.63, 3.8) is 0 Å². The summed E-state index contributed by atoms with van der Waals surface area (Å²) in [7, 11) is 0. The van der Waals surface area contributed by atoms with E-state index in [0.717, 1.165) is 23.1 Å². The molecule has 0 atom stereocenters. The minimum absolute atomic E-state index is 0.0216. The van der Waals surface area contributed by atoms with Crippen molar-refractivity contribution in [1.29, 1.82) is 0 Å². The third-order valence-electron chi connectivity index (χ3n) is 2.01. The van der Waals surface area contributed by atoms with E-state index in [4.69, 9.17) is 16.7 Å². The van der Waals surface area contributed by atoms with Crippen molar-refractivity contribution < 1.29 is 23.1 Å². The first-order valence-electron chi connectivity index (χ1n) is 5.03. The average molecular weight is 344 g/mol. The van der Waals surface area contributed by atoms with Crippen LogP contribution in [0.5, 0.6) is 0 Å². The zero-order chi connectivity index (χ0) is 14.9. The largest absolute Gasteiger partial charge is 0.481 e. The lowest BCUT2D eigenvalue weighted by Crippen LogP contribution is -2.11. The fourth-order valence-corrected chi connectivity index (χ4v) is 3.17. The molecule has 5 nitrogen and oxygen atoms in total. The van der Waals surface area contributed by atoms with Gasteiger partial charge in [-0.2, -0.15) is 13.2 Å². The third-order valence-corrected chi connectivity index (χ3v) is 4.03. The summed E-state index contributed by atoms with van der Waals surface area (Å²) in [5.74, 6) is -2.26. The lowest BCUT2D eigenvalue weighted by Gasteiger charge is -2.06. The van der Waals surface area contributed by atoms with E-state index in [2.05, 4.69) is 15.0 Å². The SMILES string of the molecule is O=C(O)CCSc1nc(C(F)(F)F)nc2sc(Cl)nc12. The summed E-state index contributed by atoms with van der Waals surface area (Å²) in [5.41, 5.74) is 0.156. The van der Waals surface area contributed by atoms with Crippen LogP contribution >= 0.6 is 34.7 Å². The van der Waals surface area contributed by atoms with E-state index in [-0.39, 0.29) is 32.0 Å². The van der Waals surface area contributed by atoms with Gasteiger partial charge in [-0.05, 0) is 0 Å². The number of thiazole rings is 1. The highest BCUT2D eigenvalue weighted by Crippen LogP contribution is 2.35. The van der Waals surface area contributed by atoms with E-state index >= 15 is 0 Å². The quantitative estimate of drug-likeness (QED) is 0.678. The Morgan fingerprint density at radius 1 is 1.35 bits per heavy atom. The van der Waals surface area contributed by atoms with Gasteiger partial charge in [-0.1, -0.05) is 22.9 Å². The number of hydrogen-bond acceptors (Lipinski definition) is 6. The average Bonchev–Trinajstić information content (AvgIpc) is 2.67. The summed E-state index contributed by atoms with van der Waals surface area (Å²) >= 11 is 7.35. The Bertz CT molecular complexity index is 662. The standard InChI is InChI=1S/C9H5ClF3N3O2S2/c10-8-14-4-5(19-2-1-3(17)18)15-7(9(11,12)13)16-6(4)20-8/h1-2H2,(H,17,18). The Labute approximate surface area is 123 Å². The van der Waals surface area contributed by atoms with Gasteiger partial charge in [0.25, 0.3) is 0 Å². The van der Waals surface area contributed by atoms with Crippen LogP contribution < -0.4 is 0 Å². The van der Waals surface area contributed by atoms with Crippen LogP contribution in [0.3, 0.4) is 0 Å². The van der Waals surface area contributed by atoms with Crippen LogP contribution in [0.25, 0.3) is 10.3 Å². The van der Waals surface area contributed by atoms with Crippen LogP contribution in [0.2, 0.25) is 4.47 Å². The first kappa shape index (κ1) is 15.3. The van der Waals surface area contributed by atoms with Gasteiger partial charge in [-0.15, -0.1) is 11.8 Å². The minimum atomic E-state index is -4.69. The number of carboxylic acids is 1. The molecule has 0 unspecified atom stereocenters. The molecule has 11 heteroatoms. The first-order valence-corrected chi connectivity index (χ1v) is 7.21. The fraction of sp³-hybridized carbons (Fsp3) is 0.333. The third kappa shape index (κ3) is 3.49. The fourth-order valence-electron chi connectivity index (χ4n) is 1.23. The topological polar surface area (TPSA) is 76.0 Å². The molecule has 0 spiro atoms. The molecule has 0 aliphatic heterocycles. The second kappa shape index (κ2) is 5.70. The monoisotopic (exact) mass is 343 g/mol. The number of halogens is 4. The Kier molecular flexibility index (Phi) is 4.35. The number of nitrogens with zero attached hydrogens (tertiary/aromatic N) is 3. The zero-order valence-corrected chi connectivity index (χ0v) is 11.8. The summed E-state index contributed by atoms with van der Waals surface area (Å²) in [6, 6.07) is 0. The number of rotatable bonds is 4. The summed E-state index contributed by atoms with van der Waals surface area (Å²) in [6.07, 6.45) is -4.89. The Morgan fingerprint density at radius 3 is 2.65 bits per heavy atom. The van der Waals surface area contributed by atoms with Gasteiger partial charge in [0.15, 0.2) is 4.47 Å². The van der Waals surface area contributed by atoms with Crippen LogP contribution in [0.1, 0.15) is 12.2 Å². The van der Waals surface area contributed by atoms with E-state index < -0.39 is 18.0 Å². The highest BCUT2D eigenvalue weighted by atomic mass is 35.5. The summed E-state index contributed by atoms with van der Waals surface area (Å²) < 4.78 is 38.1. The molecule has 2 aromatic heterocycles. The van der Waals surface area contributed by atoms with E-state index in [9.17, 15) is 18.0 Å². The van der Waals surface area contributed by atoms with Crippen LogP contribution in [0.4, 0.5) is 13.2 Å². The van der Waals surface area contributed by atoms with E-state index in [1.807, 2.05) is 0 Å². The normalized spacial score (nSPS) is 12.0. The van der Waals surface area contributed by atoms with Gasteiger partial charge in [-0.25, -0.2) is 15.0 Å². The molecule has 0 saturated heterocycles. The Balaban J connectivity index is 2.41. The molecule has 2 aromatic rings. The van der Waals surface area contributed by atoms with E-state index in [1.165, 1.54) is 0 Å². The number of aromatic nitrogens is 3. The molecule has 0 bridgehead atoms. The molecule has 0 saturated carbocycles. The van der Waals surface area contributed by atoms with Crippen LogP contribution in [0, 0.1) is 0 Å². The highest BCUT2D eigenvalue weighted by Gasteiger charge is 2.36. The van der Waals surface area contributed by atoms with Gasteiger partial charge in [0.05, 0.1) is 6.42 Å². The summed E-state index contributed by atoms with van der Waals surface area (Å²) in [5, 5.41) is 8.51. The highest BCUT2D eigenvalue weighted by molar-refractivity contribution is 7.99. The van der Waals surface area contributed by atoms with Crippen molar-refractivity contribution >= 4 is 51.0 Å². The van der Waals surface area contributed by atoms with Gasteiger partial charge in [-0.3, -0.25) is 4.79 Å². The first-order chi connectivity index (χ1) is 9.27. The van der Waals surface area contributed by atoms with Crippen molar-refractivity contribution in [1.82, 2.24) is 15.0 Å². The maximum Gasteiger partial charge on any atom is 0.451 e. The van der Waals surface area contributed by atoms with E-state index in [1.54, 1.807) is 0 Å². The molecule has 0 fully saturated rings.